The van der Waals surface area contributed by atoms with Gasteiger partial charge in [-0.2, -0.15) is 0 Å². The van der Waals surface area contributed by atoms with Gasteiger partial charge in [0.1, 0.15) is 16.2 Å². The van der Waals surface area contributed by atoms with Crippen LogP contribution in [0.1, 0.15) is 26.6 Å². The van der Waals surface area contributed by atoms with Crippen molar-refractivity contribution in [2.24, 2.45) is 7.05 Å². The van der Waals surface area contributed by atoms with E-state index in [9.17, 15) is 22.8 Å². The zero-order chi connectivity index (χ0) is 28.6. The van der Waals surface area contributed by atoms with Crippen LogP contribution in [0.3, 0.4) is 0 Å². The van der Waals surface area contributed by atoms with Gasteiger partial charge in [-0.05, 0) is 49.4 Å². The van der Waals surface area contributed by atoms with Crippen molar-refractivity contribution in [3.05, 3.63) is 111 Å². The van der Waals surface area contributed by atoms with Crippen LogP contribution >= 0.6 is 11.6 Å². The van der Waals surface area contributed by atoms with Gasteiger partial charge >= 0.3 is 5.97 Å². The second-order valence-electron chi connectivity index (χ2n) is 8.84. The summed E-state index contributed by atoms with van der Waals surface area (Å²) < 4.78 is 42.4. The van der Waals surface area contributed by atoms with E-state index >= 15 is 0 Å². The molecule has 0 saturated heterocycles. The van der Waals surface area contributed by atoms with Crippen LogP contribution in [0.15, 0.2) is 93.0 Å². The number of furan rings is 1. The number of aromatic nitrogens is 2. The maximum atomic E-state index is 13.3. The van der Waals surface area contributed by atoms with Crippen LogP contribution in [-0.4, -0.2) is 36.1 Å². The molecule has 3 aromatic carbocycles. The minimum absolute atomic E-state index is 0.0250. The Hall–Kier alpha value is -4.61. The lowest BCUT2D eigenvalue weighted by atomic mass is 10.2. The Bertz CT molecular complexity index is 1910. The largest absolute Gasteiger partial charge is 0.454 e. The average Bonchev–Trinajstić information content (AvgIpc) is 3.47. The summed E-state index contributed by atoms with van der Waals surface area (Å²) in [6.45, 7) is 0.969. The number of rotatable bonds is 8. The fourth-order valence-electron chi connectivity index (χ4n) is 4.12. The van der Waals surface area contributed by atoms with Gasteiger partial charge in [-0.3, -0.25) is 19.0 Å². The topological polar surface area (TPSA) is 130 Å². The number of hydrogen-bond donors (Lipinski definition) is 1. The van der Waals surface area contributed by atoms with Crippen LogP contribution in [0.25, 0.3) is 16.7 Å². The van der Waals surface area contributed by atoms with Crippen molar-refractivity contribution in [2.75, 3.05) is 11.3 Å². The van der Waals surface area contributed by atoms with Crippen LogP contribution in [0.4, 0.5) is 5.69 Å². The minimum atomic E-state index is -4.42. The van der Waals surface area contributed by atoms with Gasteiger partial charge in [0.25, 0.3) is 15.6 Å². The van der Waals surface area contributed by atoms with Gasteiger partial charge in [0.2, 0.25) is 5.78 Å². The number of halogens is 1. The SMILES string of the molecule is Cc1c(NS(=O)(=O)c2cc(C(=O)OCC(=O)c3cc4ccccc4o3)ccc2Cl)c(=O)n(-c2ccccc2)n1C. The van der Waals surface area contributed by atoms with Gasteiger partial charge in [0.05, 0.1) is 22.0 Å². The molecular weight excluding hydrogens is 558 g/mol. The molecule has 0 bridgehead atoms. The molecule has 10 nitrogen and oxygen atoms in total. The summed E-state index contributed by atoms with van der Waals surface area (Å²) in [5.41, 5.74) is 0.490. The number of nitrogens with zero attached hydrogens (tertiary/aromatic N) is 2. The van der Waals surface area contributed by atoms with Crippen LogP contribution < -0.4 is 10.3 Å². The summed E-state index contributed by atoms with van der Waals surface area (Å²) in [6, 6.07) is 20.8. The fourth-order valence-corrected chi connectivity index (χ4v) is 5.76. The molecule has 0 amide bonds. The summed E-state index contributed by atoms with van der Waals surface area (Å²) in [6.07, 6.45) is 0. The van der Waals surface area contributed by atoms with E-state index in [1.165, 1.54) is 21.5 Å². The number of para-hydroxylation sites is 2. The number of carbonyl (C=O) groups excluding carboxylic acids is 2. The quantitative estimate of drug-likeness (QED) is 0.208. The molecule has 0 saturated carbocycles. The Kier molecular flexibility index (Phi) is 7.09. The van der Waals surface area contributed by atoms with Gasteiger partial charge in [-0.1, -0.05) is 48.0 Å². The summed E-state index contributed by atoms with van der Waals surface area (Å²) >= 11 is 6.18. The Morgan fingerprint density at radius 1 is 1.00 bits per heavy atom. The minimum Gasteiger partial charge on any atom is -0.454 e. The number of fused-ring (bicyclic) bond motifs is 1. The number of anilines is 1. The molecule has 0 aliphatic carbocycles. The normalized spacial score (nSPS) is 11.5. The smallest absolute Gasteiger partial charge is 0.338 e. The Morgan fingerprint density at radius 3 is 2.42 bits per heavy atom. The van der Waals surface area contributed by atoms with Crippen molar-refractivity contribution in [1.29, 1.82) is 0 Å². The fraction of sp³-hybridized carbons (Fsp3) is 0.107. The lowest BCUT2D eigenvalue weighted by Crippen LogP contribution is -2.23. The van der Waals surface area contributed by atoms with Crippen LogP contribution in [0, 0.1) is 6.92 Å². The predicted molar refractivity (Wildman–Crippen MR) is 149 cm³/mol. The van der Waals surface area contributed by atoms with E-state index in [0.717, 1.165) is 11.5 Å². The van der Waals surface area contributed by atoms with Gasteiger partial charge in [-0.25, -0.2) is 17.9 Å². The summed E-state index contributed by atoms with van der Waals surface area (Å²) in [5.74, 6) is -1.49. The maximum absolute atomic E-state index is 13.3. The number of hydrogen-bond acceptors (Lipinski definition) is 7. The van der Waals surface area contributed by atoms with Crippen molar-refractivity contribution >= 4 is 50.0 Å². The van der Waals surface area contributed by atoms with Crippen molar-refractivity contribution in [3.63, 3.8) is 0 Å². The molecule has 40 heavy (non-hydrogen) atoms. The summed E-state index contributed by atoms with van der Waals surface area (Å²) in [5, 5.41) is 0.542. The summed E-state index contributed by atoms with van der Waals surface area (Å²) in [7, 11) is -2.80. The number of benzene rings is 3. The average molecular weight is 580 g/mol. The van der Waals surface area contributed by atoms with Gasteiger partial charge < -0.3 is 9.15 Å². The molecule has 5 rings (SSSR count). The van der Waals surface area contributed by atoms with Gasteiger partial charge in [0, 0.05) is 12.4 Å². The molecule has 5 aromatic rings. The molecule has 0 aliphatic heterocycles. The van der Waals surface area contributed by atoms with Crippen LogP contribution in [-0.2, 0) is 21.8 Å². The number of sulfonamides is 1. The molecule has 204 valence electrons. The number of nitrogens with one attached hydrogen (secondary N) is 1. The van der Waals surface area contributed by atoms with Crippen molar-refractivity contribution in [2.45, 2.75) is 11.8 Å². The van der Waals surface area contributed by atoms with Gasteiger partial charge in [0.15, 0.2) is 12.4 Å². The van der Waals surface area contributed by atoms with E-state index in [-0.39, 0.29) is 22.0 Å². The van der Waals surface area contributed by atoms with E-state index < -0.39 is 38.8 Å². The van der Waals surface area contributed by atoms with E-state index in [4.69, 9.17) is 20.8 Å². The van der Waals surface area contributed by atoms with Crippen molar-refractivity contribution in [1.82, 2.24) is 9.36 Å². The molecule has 0 unspecified atom stereocenters. The number of ketones is 1. The number of esters is 1. The monoisotopic (exact) mass is 579 g/mol. The highest BCUT2D eigenvalue weighted by Crippen LogP contribution is 2.26. The molecule has 0 radical (unpaired) electrons. The first kappa shape index (κ1) is 27.0. The van der Waals surface area contributed by atoms with Crippen molar-refractivity contribution < 1.29 is 27.2 Å². The highest BCUT2D eigenvalue weighted by Gasteiger charge is 2.26. The van der Waals surface area contributed by atoms with E-state index in [2.05, 4.69) is 4.72 Å². The molecular formula is C28H22ClN3O7S. The molecule has 0 spiro atoms. The van der Waals surface area contributed by atoms with E-state index in [1.54, 1.807) is 74.6 Å². The van der Waals surface area contributed by atoms with Gasteiger partial charge in [-0.15, -0.1) is 0 Å². The molecule has 0 atom stereocenters. The molecule has 12 heteroatoms. The Morgan fingerprint density at radius 2 is 1.70 bits per heavy atom. The van der Waals surface area contributed by atoms with Crippen LogP contribution in [0.5, 0.6) is 0 Å². The third-order valence-corrected chi connectivity index (χ3v) is 8.11. The number of carbonyl (C=O) groups is 2. The zero-order valence-corrected chi connectivity index (χ0v) is 22.8. The second kappa shape index (κ2) is 10.5. The van der Waals surface area contributed by atoms with E-state index in [0.29, 0.717) is 17.0 Å². The number of Topliss-reactive ketones (excluding diaryl/α,β-unsaturated/α-hetero) is 1. The molecule has 0 fully saturated rings. The zero-order valence-electron chi connectivity index (χ0n) is 21.3. The first-order chi connectivity index (χ1) is 19.1. The first-order valence-corrected chi connectivity index (χ1v) is 13.8. The standard InChI is InChI=1S/C28H22ClN3O7S/c1-17-26(27(34)32(31(17)2)20-9-4-3-5-10-20)30-40(36,37)25-15-19(12-13-21(25)29)28(35)38-16-22(33)24-14-18-8-6-7-11-23(18)39-24/h3-15,30H,16H2,1-2H3. The Labute approximate surface area is 233 Å². The third-order valence-electron chi connectivity index (χ3n) is 6.28. The molecule has 2 heterocycles. The van der Waals surface area contributed by atoms with Crippen molar-refractivity contribution in [3.8, 4) is 5.69 Å². The first-order valence-electron chi connectivity index (χ1n) is 11.9. The number of ether oxygens (including phenoxy) is 1. The lowest BCUT2D eigenvalue weighted by Gasteiger charge is -2.10. The second-order valence-corrected chi connectivity index (χ2v) is 10.9. The molecule has 2 aromatic heterocycles. The molecule has 0 aliphatic rings. The van der Waals surface area contributed by atoms with E-state index in [1.807, 2.05) is 0 Å². The lowest BCUT2D eigenvalue weighted by molar-refractivity contribution is 0.0468. The third kappa shape index (κ3) is 5.04. The maximum Gasteiger partial charge on any atom is 0.338 e. The highest BCUT2D eigenvalue weighted by molar-refractivity contribution is 7.92. The molecule has 1 N–H and O–H groups in total. The van der Waals surface area contributed by atoms with Crippen LogP contribution in [0.2, 0.25) is 5.02 Å². The Balaban J connectivity index is 1.37. The summed E-state index contributed by atoms with van der Waals surface area (Å²) in [4.78, 5) is 37.9. The predicted octanol–water partition coefficient (Wildman–Crippen LogP) is 4.72. The highest BCUT2D eigenvalue weighted by atomic mass is 35.5.